The van der Waals surface area contributed by atoms with E-state index in [1.165, 1.54) is 11.1 Å². The van der Waals surface area contributed by atoms with Gasteiger partial charge in [0.15, 0.2) is 0 Å². The molecule has 0 aromatic heterocycles. The van der Waals surface area contributed by atoms with Crippen LogP contribution in [0, 0.1) is 0 Å². The molecule has 0 saturated carbocycles. The van der Waals surface area contributed by atoms with E-state index in [1.807, 2.05) is 0 Å². The van der Waals surface area contributed by atoms with Crippen molar-refractivity contribution in [2.75, 3.05) is 6.54 Å². The van der Waals surface area contributed by atoms with Crippen LogP contribution in [0.25, 0.3) is 0 Å². The highest BCUT2D eigenvalue weighted by Gasteiger charge is 2.44. The number of piperazine rings is 1. The Hall–Kier alpha value is -1.88. The molecule has 2 aliphatic heterocycles. The Morgan fingerprint density at radius 1 is 1.26 bits per heavy atom. The summed E-state index contributed by atoms with van der Waals surface area (Å²) in [6.45, 7) is 7.49. The highest BCUT2D eigenvalue weighted by atomic mass is 16.2. The fourth-order valence-electron chi connectivity index (χ4n) is 3.38. The van der Waals surface area contributed by atoms with Crippen molar-refractivity contribution in [2.24, 2.45) is 0 Å². The first-order chi connectivity index (χ1) is 11.0. The molecule has 1 aromatic rings. The Bertz CT molecular complexity index is 597. The number of carbonyl (C=O) groups is 2. The third-order valence-corrected chi connectivity index (χ3v) is 4.86. The van der Waals surface area contributed by atoms with Gasteiger partial charge in [0.25, 0.3) is 0 Å². The first-order valence-electron chi connectivity index (χ1n) is 8.38. The highest BCUT2D eigenvalue weighted by molar-refractivity contribution is 5.97. The van der Waals surface area contributed by atoms with Crippen molar-refractivity contribution in [3.05, 3.63) is 35.4 Å². The van der Waals surface area contributed by atoms with Crippen LogP contribution < -0.4 is 10.6 Å². The molecule has 2 fully saturated rings. The lowest BCUT2D eigenvalue weighted by Gasteiger charge is -2.32. The average molecular weight is 315 g/mol. The third-order valence-electron chi connectivity index (χ3n) is 4.86. The van der Waals surface area contributed by atoms with Gasteiger partial charge in [-0.2, -0.15) is 0 Å². The van der Waals surface area contributed by atoms with Gasteiger partial charge in [-0.15, -0.1) is 0 Å². The molecule has 0 bridgehead atoms. The van der Waals surface area contributed by atoms with Crippen LogP contribution in [-0.4, -0.2) is 41.4 Å². The summed E-state index contributed by atoms with van der Waals surface area (Å²) in [6.07, 6.45) is 0.689. The maximum absolute atomic E-state index is 12.2. The van der Waals surface area contributed by atoms with E-state index >= 15 is 0 Å². The van der Waals surface area contributed by atoms with Gasteiger partial charge in [-0.3, -0.25) is 9.59 Å². The van der Waals surface area contributed by atoms with Crippen molar-refractivity contribution in [2.45, 2.75) is 57.8 Å². The molecule has 2 aliphatic rings. The summed E-state index contributed by atoms with van der Waals surface area (Å²) in [4.78, 5) is 25.9. The van der Waals surface area contributed by atoms with Crippen LogP contribution in [0.1, 0.15) is 44.2 Å². The average Bonchev–Trinajstić information content (AvgIpc) is 2.96. The molecule has 3 atom stereocenters. The first kappa shape index (κ1) is 16.0. The SMILES string of the molecule is CC(C)c1ccc(CN[C@H]2C[C@H]3C(=O)N[C@H](C)C(=O)N3C2)cc1. The highest BCUT2D eigenvalue weighted by Crippen LogP contribution is 2.23. The van der Waals surface area contributed by atoms with Crippen molar-refractivity contribution in [1.82, 2.24) is 15.5 Å². The number of rotatable bonds is 4. The lowest BCUT2D eigenvalue weighted by Crippen LogP contribution is -2.60. The molecule has 0 aliphatic carbocycles. The van der Waals surface area contributed by atoms with E-state index in [4.69, 9.17) is 0 Å². The fourth-order valence-corrected chi connectivity index (χ4v) is 3.38. The molecule has 0 radical (unpaired) electrons. The Kier molecular flexibility index (Phi) is 4.39. The number of nitrogens with zero attached hydrogens (tertiary/aromatic N) is 1. The van der Waals surface area contributed by atoms with E-state index in [1.54, 1.807) is 11.8 Å². The molecule has 23 heavy (non-hydrogen) atoms. The summed E-state index contributed by atoms with van der Waals surface area (Å²) in [5.74, 6) is 0.539. The van der Waals surface area contributed by atoms with Gasteiger partial charge in [-0.25, -0.2) is 0 Å². The largest absolute Gasteiger partial charge is 0.343 e. The summed E-state index contributed by atoms with van der Waals surface area (Å²) in [5, 5.41) is 6.24. The van der Waals surface area contributed by atoms with Crippen LogP contribution in [0.5, 0.6) is 0 Å². The molecule has 1 aromatic carbocycles. The second-order valence-corrected chi connectivity index (χ2v) is 6.95. The summed E-state index contributed by atoms with van der Waals surface area (Å²) in [6, 6.07) is 8.08. The maximum atomic E-state index is 12.2. The summed E-state index contributed by atoms with van der Waals surface area (Å²) in [5.41, 5.74) is 2.56. The minimum atomic E-state index is -0.402. The molecular formula is C18H25N3O2. The van der Waals surface area contributed by atoms with Crippen LogP contribution in [0.15, 0.2) is 24.3 Å². The van der Waals surface area contributed by atoms with Crippen LogP contribution >= 0.6 is 0 Å². The lowest BCUT2D eigenvalue weighted by molar-refractivity contribution is -0.146. The molecule has 2 heterocycles. The zero-order chi connectivity index (χ0) is 16.6. The monoisotopic (exact) mass is 315 g/mol. The van der Waals surface area contributed by atoms with Crippen molar-refractivity contribution in [3.8, 4) is 0 Å². The normalized spacial score (nSPS) is 27.3. The standard InChI is InChI=1S/C18H25N3O2/c1-11(2)14-6-4-13(5-7-14)9-19-15-8-16-17(22)20-12(3)18(23)21(16)10-15/h4-7,11-12,15-16,19H,8-10H2,1-3H3,(H,20,22)/t12-,15+,16+/m1/s1. The second kappa shape index (κ2) is 6.32. The first-order valence-corrected chi connectivity index (χ1v) is 8.38. The summed E-state index contributed by atoms with van der Waals surface area (Å²) in [7, 11) is 0. The van der Waals surface area contributed by atoms with Gasteiger partial charge in [0.05, 0.1) is 0 Å². The third kappa shape index (κ3) is 3.24. The minimum Gasteiger partial charge on any atom is -0.343 e. The zero-order valence-corrected chi connectivity index (χ0v) is 14.0. The molecule has 0 unspecified atom stereocenters. The predicted molar refractivity (Wildman–Crippen MR) is 88.9 cm³/mol. The van der Waals surface area contributed by atoms with Crippen molar-refractivity contribution in [3.63, 3.8) is 0 Å². The summed E-state index contributed by atoms with van der Waals surface area (Å²) < 4.78 is 0. The number of amides is 2. The Morgan fingerprint density at radius 3 is 2.61 bits per heavy atom. The smallest absolute Gasteiger partial charge is 0.245 e. The second-order valence-electron chi connectivity index (χ2n) is 6.95. The molecule has 2 amide bonds. The lowest BCUT2D eigenvalue weighted by atomic mass is 10.0. The maximum Gasteiger partial charge on any atom is 0.245 e. The number of benzene rings is 1. The number of hydrogen-bond donors (Lipinski definition) is 2. The Labute approximate surface area is 137 Å². The fraction of sp³-hybridized carbons (Fsp3) is 0.556. The number of carbonyl (C=O) groups excluding carboxylic acids is 2. The van der Waals surface area contributed by atoms with Crippen molar-refractivity contribution >= 4 is 11.8 Å². The molecular weight excluding hydrogens is 290 g/mol. The molecule has 3 rings (SSSR count). The zero-order valence-electron chi connectivity index (χ0n) is 14.0. The number of nitrogens with one attached hydrogen (secondary N) is 2. The van der Waals surface area contributed by atoms with E-state index in [0.29, 0.717) is 18.9 Å². The quantitative estimate of drug-likeness (QED) is 0.882. The molecule has 2 N–H and O–H groups in total. The predicted octanol–water partition coefficient (Wildman–Crippen LogP) is 1.39. The van der Waals surface area contributed by atoms with E-state index in [9.17, 15) is 9.59 Å². The van der Waals surface area contributed by atoms with Gasteiger partial charge in [0, 0.05) is 19.1 Å². The van der Waals surface area contributed by atoms with Crippen LogP contribution in [0.3, 0.4) is 0 Å². The molecule has 2 saturated heterocycles. The van der Waals surface area contributed by atoms with E-state index < -0.39 is 6.04 Å². The van der Waals surface area contributed by atoms with Crippen molar-refractivity contribution < 1.29 is 9.59 Å². The number of hydrogen-bond acceptors (Lipinski definition) is 3. The Morgan fingerprint density at radius 2 is 1.96 bits per heavy atom. The van der Waals surface area contributed by atoms with Gasteiger partial charge in [0.1, 0.15) is 12.1 Å². The number of fused-ring (bicyclic) bond motifs is 1. The van der Waals surface area contributed by atoms with Crippen LogP contribution in [-0.2, 0) is 16.1 Å². The van der Waals surface area contributed by atoms with Crippen LogP contribution in [0.4, 0.5) is 0 Å². The summed E-state index contributed by atoms with van der Waals surface area (Å²) >= 11 is 0. The van der Waals surface area contributed by atoms with Gasteiger partial charge >= 0.3 is 0 Å². The topological polar surface area (TPSA) is 61.4 Å². The van der Waals surface area contributed by atoms with E-state index in [2.05, 4.69) is 48.7 Å². The minimum absolute atomic E-state index is 0.0253. The van der Waals surface area contributed by atoms with E-state index in [0.717, 1.165) is 6.54 Å². The molecule has 124 valence electrons. The molecule has 5 nitrogen and oxygen atoms in total. The van der Waals surface area contributed by atoms with Gasteiger partial charge in [-0.1, -0.05) is 38.1 Å². The van der Waals surface area contributed by atoms with E-state index in [-0.39, 0.29) is 23.9 Å². The van der Waals surface area contributed by atoms with Crippen molar-refractivity contribution in [1.29, 1.82) is 0 Å². The molecule has 5 heteroatoms. The van der Waals surface area contributed by atoms with Gasteiger partial charge in [-0.05, 0) is 30.4 Å². The van der Waals surface area contributed by atoms with Gasteiger partial charge < -0.3 is 15.5 Å². The van der Waals surface area contributed by atoms with Crippen LogP contribution in [0.2, 0.25) is 0 Å². The van der Waals surface area contributed by atoms with Gasteiger partial charge in [0.2, 0.25) is 11.8 Å². The molecule has 0 spiro atoms. The Balaban J connectivity index is 1.58.